The number of aliphatic hydroxyl groups is 1. The van der Waals surface area contributed by atoms with Gasteiger partial charge in [-0.15, -0.1) is 0 Å². The van der Waals surface area contributed by atoms with Crippen molar-refractivity contribution in [1.29, 1.82) is 0 Å². The highest BCUT2D eigenvalue weighted by Crippen LogP contribution is 2.11. The summed E-state index contributed by atoms with van der Waals surface area (Å²) in [5, 5.41) is 14.2. The van der Waals surface area contributed by atoms with Gasteiger partial charge >= 0.3 is 0 Å². The van der Waals surface area contributed by atoms with Crippen LogP contribution in [0.5, 0.6) is 0 Å². The van der Waals surface area contributed by atoms with Crippen molar-refractivity contribution in [1.82, 2.24) is 14.8 Å². The van der Waals surface area contributed by atoms with E-state index in [-0.39, 0.29) is 6.10 Å². The summed E-state index contributed by atoms with van der Waals surface area (Å²) < 4.78 is 1.91. The number of rotatable bonds is 11. The van der Waals surface area contributed by atoms with Gasteiger partial charge in [-0.25, -0.2) is 4.98 Å². The highest BCUT2D eigenvalue weighted by atomic mass is 16.3. The van der Waals surface area contributed by atoms with E-state index in [2.05, 4.69) is 23.9 Å². The third-order valence-corrected chi connectivity index (χ3v) is 3.44. The minimum Gasteiger partial charge on any atom is -0.393 e. The van der Waals surface area contributed by atoms with Crippen LogP contribution in [0.3, 0.4) is 0 Å². The Hall–Kier alpha value is -0.900. The quantitative estimate of drug-likeness (QED) is 0.626. The highest BCUT2D eigenvalue weighted by Gasteiger charge is 2.10. The third-order valence-electron chi connectivity index (χ3n) is 3.44. The molecule has 4 heteroatoms. The van der Waals surface area contributed by atoms with Gasteiger partial charge in [0, 0.05) is 13.0 Å². The summed E-state index contributed by atoms with van der Waals surface area (Å²) in [4.78, 5) is 4.24. The van der Waals surface area contributed by atoms with Crippen LogP contribution in [0.4, 0.5) is 0 Å². The van der Waals surface area contributed by atoms with E-state index in [4.69, 9.17) is 0 Å². The molecule has 0 fully saturated rings. The van der Waals surface area contributed by atoms with Crippen molar-refractivity contribution in [3.63, 3.8) is 0 Å². The first kappa shape index (κ1) is 16.2. The molecule has 0 saturated heterocycles. The first-order valence-electron chi connectivity index (χ1n) is 7.82. The van der Waals surface area contributed by atoms with Crippen molar-refractivity contribution in [2.75, 3.05) is 0 Å². The Labute approximate surface area is 117 Å². The van der Waals surface area contributed by atoms with Crippen LogP contribution in [0.1, 0.15) is 71.0 Å². The molecular formula is C15H29N3O. The molecule has 4 nitrogen and oxygen atoms in total. The largest absolute Gasteiger partial charge is 0.393 e. The van der Waals surface area contributed by atoms with E-state index < -0.39 is 0 Å². The van der Waals surface area contributed by atoms with Gasteiger partial charge in [-0.1, -0.05) is 52.4 Å². The average Bonchev–Trinajstić information content (AvgIpc) is 2.81. The first-order chi connectivity index (χ1) is 9.27. The molecule has 19 heavy (non-hydrogen) atoms. The molecule has 1 aromatic heterocycles. The average molecular weight is 267 g/mol. The van der Waals surface area contributed by atoms with Crippen molar-refractivity contribution >= 4 is 0 Å². The fourth-order valence-electron chi connectivity index (χ4n) is 2.32. The van der Waals surface area contributed by atoms with Crippen molar-refractivity contribution in [3.05, 3.63) is 12.2 Å². The van der Waals surface area contributed by atoms with E-state index in [1.54, 1.807) is 6.33 Å². The SMILES string of the molecule is CCCCCCCCC(O)Cc1ncnn1CCC. The summed E-state index contributed by atoms with van der Waals surface area (Å²) in [6.45, 7) is 5.24. The van der Waals surface area contributed by atoms with Gasteiger partial charge in [0.15, 0.2) is 0 Å². The molecule has 1 rings (SSSR count). The summed E-state index contributed by atoms with van der Waals surface area (Å²) in [5.74, 6) is 0.917. The lowest BCUT2D eigenvalue weighted by atomic mass is 10.1. The van der Waals surface area contributed by atoms with Crippen molar-refractivity contribution < 1.29 is 5.11 Å². The van der Waals surface area contributed by atoms with Crippen LogP contribution in [-0.4, -0.2) is 26.0 Å². The molecule has 0 spiro atoms. The minimum atomic E-state index is -0.272. The molecule has 0 bridgehead atoms. The van der Waals surface area contributed by atoms with E-state index in [1.165, 1.54) is 32.1 Å². The van der Waals surface area contributed by atoms with Gasteiger partial charge in [0.05, 0.1) is 6.10 Å². The van der Waals surface area contributed by atoms with E-state index in [0.29, 0.717) is 6.42 Å². The van der Waals surface area contributed by atoms with Crippen molar-refractivity contribution in [2.24, 2.45) is 0 Å². The Balaban J connectivity index is 2.16. The molecule has 1 heterocycles. The number of unbranched alkanes of at least 4 members (excludes halogenated alkanes) is 5. The number of hydrogen-bond acceptors (Lipinski definition) is 3. The van der Waals surface area contributed by atoms with Crippen LogP contribution in [0, 0.1) is 0 Å². The molecule has 0 aliphatic carbocycles. The molecule has 0 amide bonds. The minimum absolute atomic E-state index is 0.272. The lowest BCUT2D eigenvalue weighted by Crippen LogP contribution is -2.15. The van der Waals surface area contributed by atoms with Crippen LogP contribution in [0.25, 0.3) is 0 Å². The monoisotopic (exact) mass is 267 g/mol. The standard InChI is InChI=1S/C15H29N3O/c1-3-5-6-7-8-9-10-14(19)12-15-16-13-17-18(15)11-4-2/h13-14,19H,3-12H2,1-2H3. The van der Waals surface area contributed by atoms with Gasteiger partial charge in [0.1, 0.15) is 12.2 Å². The van der Waals surface area contributed by atoms with Gasteiger partial charge in [0.25, 0.3) is 0 Å². The van der Waals surface area contributed by atoms with Crippen LogP contribution >= 0.6 is 0 Å². The number of nitrogens with zero attached hydrogens (tertiary/aromatic N) is 3. The molecule has 0 saturated carbocycles. The molecule has 1 unspecified atom stereocenters. The predicted octanol–water partition coefficient (Wildman–Crippen LogP) is 3.34. The third kappa shape index (κ3) is 6.71. The normalized spacial score (nSPS) is 12.8. The van der Waals surface area contributed by atoms with Gasteiger partial charge < -0.3 is 5.11 Å². The number of aryl methyl sites for hydroxylation is 1. The molecule has 0 aliphatic heterocycles. The van der Waals surface area contributed by atoms with E-state index in [1.807, 2.05) is 4.68 Å². The topological polar surface area (TPSA) is 50.9 Å². The molecule has 1 atom stereocenters. The Morgan fingerprint density at radius 2 is 1.84 bits per heavy atom. The lowest BCUT2D eigenvalue weighted by molar-refractivity contribution is 0.157. The van der Waals surface area contributed by atoms with Gasteiger partial charge in [-0.05, 0) is 12.8 Å². The summed E-state index contributed by atoms with van der Waals surface area (Å²) in [5.41, 5.74) is 0. The van der Waals surface area contributed by atoms with E-state index in [0.717, 1.165) is 31.6 Å². The summed E-state index contributed by atoms with van der Waals surface area (Å²) in [7, 11) is 0. The Kier molecular flexibility index (Phi) is 8.47. The first-order valence-corrected chi connectivity index (χ1v) is 7.82. The maximum absolute atomic E-state index is 10.0. The van der Waals surface area contributed by atoms with E-state index in [9.17, 15) is 5.11 Å². The zero-order valence-electron chi connectivity index (χ0n) is 12.5. The van der Waals surface area contributed by atoms with Crippen LogP contribution < -0.4 is 0 Å². The smallest absolute Gasteiger partial charge is 0.138 e. The second kappa shape index (κ2) is 9.96. The Bertz CT molecular complexity index is 325. The van der Waals surface area contributed by atoms with Crippen LogP contribution in [0.2, 0.25) is 0 Å². The molecule has 0 aromatic carbocycles. The number of aliphatic hydroxyl groups excluding tert-OH is 1. The lowest BCUT2D eigenvalue weighted by Gasteiger charge is -2.10. The van der Waals surface area contributed by atoms with E-state index >= 15 is 0 Å². The molecule has 0 radical (unpaired) electrons. The van der Waals surface area contributed by atoms with Gasteiger partial charge in [-0.2, -0.15) is 5.10 Å². The molecular weight excluding hydrogens is 238 g/mol. The number of aromatic nitrogens is 3. The Morgan fingerprint density at radius 3 is 2.58 bits per heavy atom. The number of hydrogen-bond donors (Lipinski definition) is 1. The molecule has 1 N–H and O–H groups in total. The second-order valence-electron chi connectivity index (χ2n) is 5.31. The zero-order valence-corrected chi connectivity index (χ0v) is 12.5. The molecule has 0 aliphatic rings. The second-order valence-corrected chi connectivity index (χ2v) is 5.31. The fourth-order valence-corrected chi connectivity index (χ4v) is 2.32. The maximum Gasteiger partial charge on any atom is 0.138 e. The zero-order chi connectivity index (χ0) is 13.9. The van der Waals surface area contributed by atoms with Crippen LogP contribution in [0.15, 0.2) is 6.33 Å². The maximum atomic E-state index is 10.0. The van der Waals surface area contributed by atoms with Crippen molar-refractivity contribution in [3.8, 4) is 0 Å². The van der Waals surface area contributed by atoms with Gasteiger partial charge in [-0.3, -0.25) is 4.68 Å². The highest BCUT2D eigenvalue weighted by molar-refractivity contribution is 4.87. The van der Waals surface area contributed by atoms with Crippen LogP contribution in [-0.2, 0) is 13.0 Å². The summed E-state index contributed by atoms with van der Waals surface area (Å²) >= 11 is 0. The predicted molar refractivity (Wildman–Crippen MR) is 78.0 cm³/mol. The fraction of sp³-hybridized carbons (Fsp3) is 0.867. The van der Waals surface area contributed by atoms with Gasteiger partial charge in [0.2, 0.25) is 0 Å². The molecule has 1 aromatic rings. The Morgan fingerprint density at radius 1 is 1.11 bits per heavy atom. The van der Waals surface area contributed by atoms with Crippen molar-refractivity contribution in [2.45, 2.75) is 84.3 Å². The summed E-state index contributed by atoms with van der Waals surface area (Å²) in [6.07, 6.45) is 11.5. The summed E-state index contributed by atoms with van der Waals surface area (Å²) in [6, 6.07) is 0. The molecule has 110 valence electrons.